The molecule has 3 N–H and O–H groups in total. The average molecular weight is 491 g/mol. The van der Waals surface area contributed by atoms with Gasteiger partial charge in [0, 0.05) is 11.7 Å². The number of aliphatic hydroxyl groups excluding tert-OH is 1. The molecule has 9 heteroatoms. The Kier molecular flexibility index (Phi) is 6.50. The van der Waals surface area contributed by atoms with E-state index in [0.29, 0.717) is 21.8 Å². The van der Waals surface area contributed by atoms with E-state index in [1.165, 1.54) is 17.8 Å². The summed E-state index contributed by atoms with van der Waals surface area (Å²) in [6.07, 6.45) is 5.37. The van der Waals surface area contributed by atoms with Crippen molar-refractivity contribution in [2.45, 2.75) is 38.1 Å². The molecule has 2 aliphatic rings. The number of aromatic nitrogens is 1. The Morgan fingerprint density at radius 3 is 2.60 bits per heavy atom. The van der Waals surface area contributed by atoms with Crippen molar-refractivity contribution >= 4 is 50.5 Å². The molecule has 5 rings (SSSR count). The third-order valence-electron chi connectivity index (χ3n) is 6.33. The summed E-state index contributed by atoms with van der Waals surface area (Å²) in [5, 5.41) is 22.8. The lowest BCUT2D eigenvalue weighted by Crippen LogP contribution is -2.38. The van der Waals surface area contributed by atoms with E-state index in [0.717, 1.165) is 35.9 Å². The number of carbonyl (C=O) groups is 2. The van der Waals surface area contributed by atoms with Crippen LogP contribution in [0.5, 0.6) is 0 Å². The predicted molar refractivity (Wildman–Crippen MR) is 136 cm³/mol. The summed E-state index contributed by atoms with van der Waals surface area (Å²) in [4.78, 5) is 30.7. The minimum Gasteiger partial charge on any atom is -0.510 e. The van der Waals surface area contributed by atoms with Gasteiger partial charge in [0.1, 0.15) is 16.6 Å². The summed E-state index contributed by atoms with van der Waals surface area (Å²) in [6.45, 7) is -0.160. The maximum atomic E-state index is 12.4. The SMILES string of the molecule is N=C1C(c2nc3ccccc3s2)=C(O)CN1c1ccc(C(=O)OCC(=O)NC2CCCCC2)cc1. The van der Waals surface area contributed by atoms with Crippen LogP contribution in [0.1, 0.15) is 47.5 Å². The van der Waals surface area contributed by atoms with E-state index in [2.05, 4.69) is 10.3 Å². The number of hydrogen-bond acceptors (Lipinski definition) is 7. The van der Waals surface area contributed by atoms with Gasteiger partial charge in [-0.05, 0) is 49.2 Å². The number of amides is 1. The molecule has 0 unspecified atom stereocenters. The minimum absolute atomic E-state index is 0.0847. The van der Waals surface area contributed by atoms with Crippen LogP contribution in [-0.2, 0) is 9.53 Å². The van der Waals surface area contributed by atoms with Crippen molar-refractivity contribution in [3.8, 4) is 0 Å². The minimum atomic E-state index is -0.581. The van der Waals surface area contributed by atoms with Gasteiger partial charge < -0.3 is 20.1 Å². The van der Waals surface area contributed by atoms with Gasteiger partial charge in [0.2, 0.25) is 0 Å². The van der Waals surface area contributed by atoms with Crippen LogP contribution < -0.4 is 10.2 Å². The molecule has 2 aromatic carbocycles. The maximum Gasteiger partial charge on any atom is 0.338 e. The highest BCUT2D eigenvalue weighted by Crippen LogP contribution is 2.35. The Balaban J connectivity index is 1.20. The molecule has 1 saturated carbocycles. The molecule has 8 nitrogen and oxygen atoms in total. The van der Waals surface area contributed by atoms with Crippen molar-refractivity contribution in [3.63, 3.8) is 0 Å². The summed E-state index contributed by atoms with van der Waals surface area (Å²) in [7, 11) is 0. The molecule has 2 heterocycles. The first-order valence-electron chi connectivity index (χ1n) is 11.7. The number of esters is 1. The van der Waals surface area contributed by atoms with Gasteiger partial charge in [0.15, 0.2) is 6.61 Å². The van der Waals surface area contributed by atoms with Crippen LogP contribution in [0.3, 0.4) is 0 Å². The average Bonchev–Trinajstić information content (AvgIpc) is 3.42. The first kappa shape index (κ1) is 23.0. The van der Waals surface area contributed by atoms with Crippen LogP contribution in [0.2, 0.25) is 0 Å². The maximum absolute atomic E-state index is 12.4. The fourth-order valence-electron chi connectivity index (χ4n) is 4.51. The molecule has 3 aromatic rings. The molecule has 0 saturated heterocycles. The van der Waals surface area contributed by atoms with Crippen molar-refractivity contribution in [2.75, 3.05) is 18.1 Å². The quantitative estimate of drug-likeness (QED) is 0.433. The van der Waals surface area contributed by atoms with E-state index in [-0.39, 0.29) is 36.7 Å². The van der Waals surface area contributed by atoms with Crippen molar-refractivity contribution in [3.05, 3.63) is 64.9 Å². The van der Waals surface area contributed by atoms with Crippen molar-refractivity contribution < 1.29 is 19.4 Å². The number of nitrogens with zero attached hydrogens (tertiary/aromatic N) is 2. The first-order chi connectivity index (χ1) is 17.0. The normalized spacial score (nSPS) is 16.7. The summed E-state index contributed by atoms with van der Waals surface area (Å²) < 4.78 is 6.17. The van der Waals surface area contributed by atoms with Gasteiger partial charge in [-0.25, -0.2) is 9.78 Å². The summed E-state index contributed by atoms with van der Waals surface area (Å²) in [5.74, 6) is -0.628. The molecule has 35 heavy (non-hydrogen) atoms. The van der Waals surface area contributed by atoms with E-state index >= 15 is 0 Å². The number of rotatable bonds is 6. The van der Waals surface area contributed by atoms with E-state index in [4.69, 9.17) is 10.1 Å². The molecule has 0 bridgehead atoms. The highest BCUT2D eigenvalue weighted by Gasteiger charge is 2.31. The Labute approximate surface area is 206 Å². The highest BCUT2D eigenvalue weighted by molar-refractivity contribution is 7.19. The topological polar surface area (TPSA) is 116 Å². The Bertz CT molecular complexity index is 1280. The molecule has 1 aliphatic heterocycles. The number of carbonyl (C=O) groups excluding carboxylic acids is 2. The van der Waals surface area contributed by atoms with E-state index in [1.54, 1.807) is 29.2 Å². The number of nitrogens with one attached hydrogen (secondary N) is 2. The van der Waals surface area contributed by atoms with E-state index in [9.17, 15) is 14.7 Å². The highest BCUT2D eigenvalue weighted by atomic mass is 32.1. The van der Waals surface area contributed by atoms with Crippen LogP contribution in [0.15, 0.2) is 54.3 Å². The molecule has 1 amide bonds. The van der Waals surface area contributed by atoms with Crippen LogP contribution in [-0.4, -0.2) is 47.0 Å². The second kappa shape index (κ2) is 9.87. The fraction of sp³-hybridized carbons (Fsp3) is 0.308. The molecular weight excluding hydrogens is 464 g/mol. The molecule has 1 aliphatic carbocycles. The number of benzene rings is 2. The second-order valence-electron chi connectivity index (χ2n) is 8.77. The van der Waals surface area contributed by atoms with Gasteiger partial charge in [-0.3, -0.25) is 10.2 Å². The number of ether oxygens (including phenoxy) is 1. The largest absolute Gasteiger partial charge is 0.510 e. The van der Waals surface area contributed by atoms with Crippen LogP contribution in [0, 0.1) is 5.41 Å². The molecule has 1 aromatic heterocycles. The zero-order chi connectivity index (χ0) is 24.4. The Morgan fingerprint density at radius 2 is 1.86 bits per heavy atom. The van der Waals surface area contributed by atoms with Gasteiger partial charge >= 0.3 is 5.97 Å². The number of anilines is 1. The lowest BCUT2D eigenvalue weighted by Gasteiger charge is -2.22. The number of thiazole rings is 1. The number of para-hydroxylation sites is 1. The molecule has 1 fully saturated rings. The number of aliphatic hydroxyl groups is 1. The zero-order valence-electron chi connectivity index (χ0n) is 19.1. The standard InChI is InChI=1S/C26H26N4O4S/c27-24-23(25-29-19-8-4-5-9-21(19)35-25)20(31)14-30(24)18-12-10-16(11-13-18)26(33)34-15-22(32)28-17-6-2-1-3-7-17/h4-5,8-13,17,27,31H,1-3,6-7,14-15H2,(H,28,32). The fourth-order valence-corrected chi connectivity index (χ4v) is 5.55. The van der Waals surface area contributed by atoms with Gasteiger partial charge in [0.05, 0.1) is 27.9 Å². The third kappa shape index (κ3) is 4.90. The van der Waals surface area contributed by atoms with Crippen molar-refractivity contribution in [2.24, 2.45) is 0 Å². The van der Waals surface area contributed by atoms with E-state index in [1.807, 2.05) is 24.3 Å². The van der Waals surface area contributed by atoms with Gasteiger partial charge in [-0.15, -0.1) is 11.3 Å². The Morgan fingerprint density at radius 1 is 1.11 bits per heavy atom. The van der Waals surface area contributed by atoms with Crippen LogP contribution >= 0.6 is 11.3 Å². The lowest BCUT2D eigenvalue weighted by molar-refractivity contribution is -0.125. The second-order valence-corrected chi connectivity index (χ2v) is 9.80. The molecule has 0 atom stereocenters. The molecule has 0 spiro atoms. The number of hydrogen-bond donors (Lipinski definition) is 3. The number of amidine groups is 1. The molecule has 0 radical (unpaired) electrons. The monoisotopic (exact) mass is 490 g/mol. The predicted octanol–water partition coefficient (Wildman–Crippen LogP) is 4.67. The molecule has 180 valence electrons. The first-order valence-corrected chi connectivity index (χ1v) is 12.5. The van der Waals surface area contributed by atoms with E-state index < -0.39 is 5.97 Å². The summed E-state index contributed by atoms with van der Waals surface area (Å²) in [6, 6.07) is 14.4. The van der Waals surface area contributed by atoms with Crippen LogP contribution in [0.4, 0.5) is 5.69 Å². The van der Waals surface area contributed by atoms with Gasteiger partial charge in [0.25, 0.3) is 5.91 Å². The van der Waals surface area contributed by atoms with Gasteiger partial charge in [-0.2, -0.15) is 0 Å². The summed E-state index contributed by atoms with van der Waals surface area (Å²) in [5.41, 5.74) is 2.21. The smallest absolute Gasteiger partial charge is 0.338 e. The van der Waals surface area contributed by atoms with Gasteiger partial charge in [-0.1, -0.05) is 31.4 Å². The van der Waals surface area contributed by atoms with Crippen LogP contribution in [0.25, 0.3) is 15.8 Å². The number of fused-ring (bicyclic) bond motifs is 1. The van der Waals surface area contributed by atoms with Crippen molar-refractivity contribution in [1.29, 1.82) is 5.41 Å². The summed E-state index contributed by atoms with van der Waals surface area (Å²) >= 11 is 1.43. The lowest BCUT2D eigenvalue weighted by atomic mass is 9.95. The third-order valence-corrected chi connectivity index (χ3v) is 7.38. The zero-order valence-corrected chi connectivity index (χ0v) is 19.9. The van der Waals surface area contributed by atoms with Crippen molar-refractivity contribution in [1.82, 2.24) is 10.3 Å². The Hall–Kier alpha value is -3.72. The molecular formula is C26H26N4O4S.